The van der Waals surface area contributed by atoms with E-state index in [1.165, 1.54) is 0 Å². The molecular weight excluding hydrogens is 272 g/mol. The number of fused-ring (bicyclic) bond motifs is 1. The molecule has 92 valence electrons. The predicted molar refractivity (Wildman–Crippen MR) is 69.8 cm³/mol. The first kappa shape index (κ1) is 12.6. The molecule has 0 spiro atoms. The van der Waals surface area contributed by atoms with E-state index >= 15 is 0 Å². The summed E-state index contributed by atoms with van der Waals surface area (Å²) >= 11 is 2.23. The standard InChI is InChI=1S/C10H8N4O2S2/c1-4-5-8(16)13-10(17-3-2-11)14-9(5)18-6(4)7(12)15/h3H2,1H3,(H2,12,15)(H,13,14,16). The highest BCUT2D eigenvalue weighted by atomic mass is 32.2. The van der Waals surface area contributed by atoms with Crippen molar-refractivity contribution in [3.63, 3.8) is 0 Å². The van der Waals surface area contributed by atoms with Crippen molar-refractivity contribution in [3.05, 3.63) is 20.8 Å². The average molecular weight is 280 g/mol. The molecule has 0 unspecified atom stereocenters. The van der Waals surface area contributed by atoms with Gasteiger partial charge in [0.05, 0.1) is 22.1 Å². The number of primary amides is 1. The van der Waals surface area contributed by atoms with Crippen LogP contribution in [0.1, 0.15) is 15.2 Å². The second-order valence-electron chi connectivity index (χ2n) is 3.42. The predicted octanol–water partition coefficient (Wildman–Crippen LogP) is 1.01. The lowest BCUT2D eigenvalue weighted by molar-refractivity contribution is 0.100. The van der Waals surface area contributed by atoms with Gasteiger partial charge in [-0.15, -0.1) is 11.3 Å². The van der Waals surface area contributed by atoms with Gasteiger partial charge in [0.25, 0.3) is 11.5 Å². The number of thioether (sulfide) groups is 1. The number of rotatable bonds is 3. The third kappa shape index (κ3) is 2.10. The third-order valence-corrected chi connectivity index (χ3v) is 4.22. The quantitative estimate of drug-likeness (QED) is 0.643. The summed E-state index contributed by atoms with van der Waals surface area (Å²) in [6, 6.07) is 1.95. The molecule has 0 aliphatic heterocycles. The van der Waals surface area contributed by atoms with E-state index in [9.17, 15) is 9.59 Å². The Labute approximate surface area is 110 Å². The van der Waals surface area contributed by atoms with Crippen LogP contribution in [0.2, 0.25) is 0 Å². The van der Waals surface area contributed by atoms with Gasteiger partial charge >= 0.3 is 0 Å². The lowest BCUT2D eigenvalue weighted by Gasteiger charge is -1.96. The van der Waals surface area contributed by atoms with E-state index in [-0.39, 0.29) is 11.3 Å². The van der Waals surface area contributed by atoms with Gasteiger partial charge in [-0.25, -0.2) is 4.98 Å². The maximum Gasteiger partial charge on any atom is 0.260 e. The van der Waals surface area contributed by atoms with Crippen LogP contribution in [-0.2, 0) is 0 Å². The van der Waals surface area contributed by atoms with Gasteiger partial charge in [0.2, 0.25) is 0 Å². The number of thiophene rings is 1. The van der Waals surface area contributed by atoms with Crippen molar-refractivity contribution in [2.24, 2.45) is 5.73 Å². The van der Waals surface area contributed by atoms with Crippen LogP contribution in [0.4, 0.5) is 0 Å². The molecule has 0 radical (unpaired) electrons. The van der Waals surface area contributed by atoms with Gasteiger partial charge in [-0.05, 0) is 12.5 Å². The molecule has 1 amide bonds. The number of aryl methyl sites for hydroxylation is 1. The second kappa shape index (κ2) is 4.80. The minimum atomic E-state index is -0.568. The lowest BCUT2D eigenvalue weighted by atomic mass is 10.2. The maximum atomic E-state index is 11.9. The molecule has 3 N–H and O–H groups in total. The minimum Gasteiger partial charge on any atom is -0.365 e. The topological polar surface area (TPSA) is 113 Å². The number of nitriles is 1. The number of amides is 1. The molecule has 0 fully saturated rings. The smallest absolute Gasteiger partial charge is 0.260 e. The molecule has 2 rings (SSSR count). The van der Waals surface area contributed by atoms with Crippen molar-refractivity contribution in [2.45, 2.75) is 12.1 Å². The van der Waals surface area contributed by atoms with Crippen molar-refractivity contribution in [1.29, 1.82) is 5.26 Å². The van der Waals surface area contributed by atoms with Crippen molar-refractivity contribution >= 4 is 39.2 Å². The van der Waals surface area contributed by atoms with E-state index in [4.69, 9.17) is 11.0 Å². The summed E-state index contributed by atoms with van der Waals surface area (Å²) in [5, 5.41) is 9.23. The molecule has 0 saturated heterocycles. The Morgan fingerprint density at radius 3 is 3.00 bits per heavy atom. The van der Waals surface area contributed by atoms with Crippen molar-refractivity contribution < 1.29 is 4.79 Å². The van der Waals surface area contributed by atoms with Crippen LogP contribution in [0, 0.1) is 18.3 Å². The number of aromatic amines is 1. The van der Waals surface area contributed by atoms with E-state index < -0.39 is 5.91 Å². The van der Waals surface area contributed by atoms with Crippen LogP contribution in [0.25, 0.3) is 10.2 Å². The van der Waals surface area contributed by atoms with Crippen molar-refractivity contribution in [3.8, 4) is 6.07 Å². The molecule has 2 heterocycles. The molecule has 18 heavy (non-hydrogen) atoms. The summed E-state index contributed by atoms with van der Waals surface area (Å²) in [5.74, 6) is -0.372. The summed E-state index contributed by atoms with van der Waals surface area (Å²) in [5.41, 5.74) is 5.46. The highest BCUT2D eigenvalue weighted by Gasteiger charge is 2.17. The van der Waals surface area contributed by atoms with E-state index in [1.807, 2.05) is 6.07 Å². The average Bonchev–Trinajstić information content (AvgIpc) is 2.64. The number of hydrogen-bond acceptors (Lipinski definition) is 6. The highest BCUT2D eigenvalue weighted by molar-refractivity contribution is 7.99. The van der Waals surface area contributed by atoms with Crippen molar-refractivity contribution in [1.82, 2.24) is 9.97 Å². The number of nitrogens with two attached hydrogens (primary N) is 1. The van der Waals surface area contributed by atoms with Crippen LogP contribution in [0.5, 0.6) is 0 Å². The highest BCUT2D eigenvalue weighted by Crippen LogP contribution is 2.27. The Kier molecular flexibility index (Phi) is 3.36. The van der Waals surface area contributed by atoms with Gasteiger partial charge in [0, 0.05) is 0 Å². The van der Waals surface area contributed by atoms with Gasteiger partial charge in [0.1, 0.15) is 4.83 Å². The van der Waals surface area contributed by atoms with Crippen molar-refractivity contribution in [2.75, 3.05) is 5.75 Å². The van der Waals surface area contributed by atoms with Crippen LogP contribution >= 0.6 is 23.1 Å². The summed E-state index contributed by atoms with van der Waals surface area (Å²) in [6.07, 6.45) is 0. The Bertz CT molecular complexity index is 726. The van der Waals surface area contributed by atoms with E-state index in [0.717, 1.165) is 23.1 Å². The van der Waals surface area contributed by atoms with E-state index in [2.05, 4.69) is 9.97 Å². The van der Waals surface area contributed by atoms with Crippen LogP contribution in [0.3, 0.4) is 0 Å². The normalized spacial score (nSPS) is 10.4. The number of H-pyrrole nitrogens is 1. The number of carbonyl (C=O) groups is 1. The lowest BCUT2D eigenvalue weighted by Crippen LogP contribution is -2.11. The number of carbonyl (C=O) groups excluding carboxylic acids is 1. The fourth-order valence-electron chi connectivity index (χ4n) is 1.53. The van der Waals surface area contributed by atoms with Gasteiger partial charge in [-0.3, -0.25) is 9.59 Å². The Morgan fingerprint density at radius 2 is 2.39 bits per heavy atom. The zero-order valence-electron chi connectivity index (χ0n) is 9.31. The first-order valence-electron chi connectivity index (χ1n) is 4.87. The van der Waals surface area contributed by atoms with Gasteiger partial charge in [-0.1, -0.05) is 11.8 Å². The van der Waals surface area contributed by atoms with Crippen LogP contribution < -0.4 is 11.3 Å². The van der Waals surface area contributed by atoms with E-state index in [1.54, 1.807) is 6.92 Å². The number of nitrogens with one attached hydrogen (secondary N) is 1. The molecule has 0 saturated carbocycles. The number of hydrogen-bond donors (Lipinski definition) is 2. The molecule has 0 aliphatic carbocycles. The van der Waals surface area contributed by atoms with Crippen LogP contribution in [0.15, 0.2) is 9.95 Å². The van der Waals surface area contributed by atoms with Gasteiger partial charge in [0.15, 0.2) is 5.16 Å². The molecule has 0 bridgehead atoms. The monoisotopic (exact) mass is 280 g/mol. The number of aromatic nitrogens is 2. The zero-order valence-corrected chi connectivity index (χ0v) is 10.9. The third-order valence-electron chi connectivity index (χ3n) is 2.28. The first-order chi connectivity index (χ1) is 8.54. The zero-order chi connectivity index (χ0) is 13.3. The molecular formula is C10H8N4O2S2. The molecule has 6 nitrogen and oxygen atoms in total. The molecule has 0 aliphatic rings. The SMILES string of the molecule is Cc1c(C(N)=O)sc2nc(SCC#N)[nH]c(=O)c12. The van der Waals surface area contributed by atoms with Crippen LogP contribution in [-0.4, -0.2) is 21.6 Å². The fourth-order valence-corrected chi connectivity index (χ4v) is 3.14. The Morgan fingerprint density at radius 1 is 1.67 bits per heavy atom. The first-order valence-corrected chi connectivity index (χ1v) is 6.67. The molecule has 2 aromatic rings. The van der Waals surface area contributed by atoms with Gasteiger partial charge in [-0.2, -0.15) is 5.26 Å². The maximum absolute atomic E-state index is 11.9. The number of nitrogens with zero attached hydrogens (tertiary/aromatic N) is 2. The molecule has 0 atom stereocenters. The second-order valence-corrected chi connectivity index (χ2v) is 5.38. The Balaban J connectivity index is 2.64. The Hall–Kier alpha value is -1.85. The largest absolute Gasteiger partial charge is 0.365 e. The summed E-state index contributed by atoms with van der Waals surface area (Å²) in [4.78, 5) is 30.7. The molecule has 8 heteroatoms. The summed E-state index contributed by atoms with van der Waals surface area (Å²) in [7, 11) is 0. The molecule has 0 aromatic carbocycles. The minimum absolute atomic E-state index is 0.196. The summed E-state index contributed by atoms with van der Waals surface area (Å²) < 4.78 is 0. The van der Waals surface area contributed by atoms with Gasteiger partial charge < -0.3 is 10.7 Å². The fraction of sp³-hybridized carbons (Fsp3) is 0.200. The molecule has 2 aromatic heterocycles. The summed E-state index contributed by atoms with van der Waals surface area (Å²) in [6.45, 7) is 1.66. The van der Waals surface area contributed by atoms with E-state index in [0.29, 0.717) is 25.8 Å².